The molecule has 2 aliphatic heterocycles. The number of rotatable bonds is 3. The van der Waals surface area contributed by atoms with E-state index in [0.717, 1.165) is 17.1 Å². The van der Waals surface area contributed by atoms with Crippen molar-refractivity contribution in [3.8, 4) is 0 Å². The summed E-state index contributed by atoms with van der Waals surface area (Å²) in [5, 5.41) is 7.53. The van der Waals surface area contributed by atoms with Crippen molar-refractivity contribution in [2.45, 2.75) is 11.8 Å². The highest BCUT2D eigenvalue weighted by molar-refractivity contribution is 8.03. The van der Waals surface area contributed by atoms with Gasteiger partial charge >= 0.3 is 5.97 Å². The quantitative estimate of drug-likeness (QED) is 0.431. The molecule has 3 aromatic carbocycles. The van der Waals surface area contributed by atoms with Crippen LogP contribution in [0.4, 0.5) is 5.69 Å². The summed E-state index contributed by atoms with van der Waals surface area (Å²) >= 11 is 1.72. The lowest BCUT2D eigenvalue weighted by molar-refractivity contribution is -0.136. The number of hydrogen-bond acceptors (Lipinski definition) is 5. The van der Waals surface area contributed by atoms with Crippen molar-refractivity contribution in [2.24, 2.45) is 5.16 Å². The molecule has 0 saturated carbocycles. The van der Waals surface area contributed by atoms with Crippen molar-refractivity contribution < 1.29 is 9.63 Å². The van der Waals surface area contributed by atoms with Crippen LogP contribution in [0.3, 0.4) is 0 Å². The molecule has 0 spiro atoms. The van der Waals surface area contributed by atoms with Gasteiger partial charge in [-0.2, -0.15) is 0 Å². The van der Waals surface area contributed by atoms with Crippen molar-refractivity contribution in [1.82, 2.24) is 0 Å². The fourth-order valence-electron chi connectivity index (χ4n) is 3.70. The smallest absolute Gasteiger partial charge is 0.335 e. The monoisotopic (exact) mass is 398 g/mol. The normalized spacial score (nSPS) is 18.4. The summed E-state index contributed by atoms with van der Waals surface area (Å²) in [6, 6.07) is 22.4. The number of carbonyl (C=O) groups is 1. The van der Waals surface area contributed by atoms with Crippen molar-refractivity contribution in [3.05, 3.63) is 95.0 Å². The average Bonchev–Trinajstić information content (AvgIpc) is 3.32. The van der Waals surface area contributed by atoms with Crippen LogP contribution in [0.5, 0.6) is 0 Å². The molecule has 0 radical (unpaired) electrons. The molecule has 2 aliphatic rings. The molecule has 0 aromatic heterocycles. The van der Waals surface area contributed by atoms with Gasteiger partial charge in [0, 0.05) is 22.4 Å². The maximum atomic E-state index is 12.3. The Balaban J connectivity index is 1.54. The van der Waals surface area contributed by atoms with Gasteiger partial charge in [-0.15, -0.1) is 0 Å². The van der Waals surface area contributed by atoms with E-state index in [9.17, 15) is 4.79 Å². The molecule has 0 aliphatic carbocycles. The summed E-state index contributed by atoms with van der Waals surface area (Å²) in [6.45, 7) is 2.98. The molecule has 0 bridgehead atoms. The zero-order valence-electron chi connectivity index (χ0n) is 15.8. The van der Waals surface area contributed by atoms with Crippen molar-refractivity contribution in [3.63, 3.8) is 0 Å². The third kappa shape index (κ3) is 3.04. The zero-order valence-corrected chi connectivity index (χ0v) is 16.6. The van der Waals surface area contributed by atoms with Crippen LogP contribution in [0.15, 0.2) is 99.5 Å². The minimum atomic E-state index is -0.422. The summed E-state index contributed by atoms with van der Waals surface area (Å²) in [5.74, 6) is -0.422. The lowest BCUT2D eigenvalue weighted by Gasteiger charge is -2.19. The number of benzene rings is 3. The van der Waals surface area contributed by atoms with Crippen LogP contribution < -0.4 is 4.90 Å². The molecule has 0 amide bonds. The van der Waals surface area contributed by atoms with Crippen LogP contribution in [0, 0.1) is 0 Å². The highest BCUT2D eigenvalue weighted by atomic mass is 32.2. The van der Waals surface area contributed by atoms with Crippen LogP contribution in [0.1, 0.15) is 12.5 Å². The summed E-state index contributed by atoms with van der Waals surface area (Å²) < 4.78 is 0. The van der Waals surface area contributed by atoms with Crippen LogP contribution in [0.25, 0.3) is 10.8 Å². The second-order valence-electron chi connectivity index (χ2n) is 6.75. The van der Waals surface area contributed by atoms with Crippen LogP contribution in [-0.2, 0) is 9.63 Å². The average molecular weight is 398 g/mol. The largest absolute Gasteiger partial charge is 0.368 e. The summed E-state index contributed by atoms with van der Waals surface area (Å²) in [4.78, 5) is 20.7. The van der Waals surface area contributed by atoms with Gasteiger partial charge in [0.05, 0.1) is 16.3 Å². The lowest BCUT2D eigenvalue weighted by atomic mass is 10.0. The molecule has 4 nitrogen and oxygen atoms in total. The molecule has 2 heterocycles. The van der Waals surface area contributed by atoms with Gasteiger partial charge in [0.1, 0.15) is 5.71 Å². The summed E-state index contributed by atoms with van der Waals surface area (Å²) in [6.07, 6.45) is 3.81. The molecule has 5 rings (SSSR count). The molecule has 5 heteroatoms. The van der Waals surface area contributed by atoms with Gasteiger partial charge in [0.15, 0.2) is 0 Å². The van der Waals surface area contributed by atoms with E-state index in [1.54, 1.807) is 11.8 Å². The summed E-state index contributed by atoms with van der Waals surface area (Å²) in [5.41, 5.74) is 3.14. The third-order valence-corrected chi connectivity index (χ3v) is 6.18. The SMILES string of the molecule is CCN1C(=CC=C2C(=O)ON=C2c2ccccc2)Sc2ccc3ccccc3c21. The van der Waals surface area contributed by atoms with Gasteiger partial charge in [-0.25, -0.2) is 4.79 Å². The molecular formula is C24H18N2O2S. The minimum absolute atomic E-state index is 0.422. The predicted octanol–water partition coefficient (Wildman–Crippen LogP) is 5.50. The Morgan fingerprint density at radius 3 is 2.62 bits per heavy atom. The summed E-state index contributed by atoms with van der Waals surface area (Å²) in [7, 11) is 0. The first kappa shape index (κ1) is 17.8. The van der Waals surface area contributed by atoms with Gasteiger partial charge in [0.25, 0.3) is 0 Å². The minimum Gasteiger partial charge on any atom is -0.335 e. The Kier molecular flexibility index (Phi) is 4.45. The van der Waals surface area contributed by atoms with E-state index in [1.807, 2.05) is 42.5 Å². The Morgan fingerprint density at radius 1 is 1.00 bits per heavy atom. The fourth-order valence-corrected chi connectivity index (χ4v) is 4.84. The topological polar surface area (TPSA) is 41.9 Å². The molecule has 3 aromatic rings. The highest BCUT2D eigenvalue weighted by Gasteiger charge is 2.28. The Hall–Kier alpha value is -3.31. The van der Waals surface area contributed by atoms with E-state index in [1.165, 1.54) is 21.4 Å². The number of nitrogens with zero attached hydrogens (tertiary/aromatic N) is 2. The second kappa shape index (κ2) is 7.26. The van der Waals surface area contributed by atoms with Crippen LogP contribution >= 0.6 is 11.8 Å². The molecule has 0 saturated heterocycles. The highest BCUT2D eigenvalue weighted by Crippen LogP contribution is 2.49. The van der Waals surface area contributed by atoms with E-state index < -0.39 is 5.97 Å². The van der Waals surface area contributed by atoms with Gasteiger partial charge in [0.2, 0.25) is 0 Å². The molecule has 0 atom stereocenters. The number of thioether (sulfide) groups is 1. The number of hydrogen-bond donors (Lipinski definition) is 0. The second-order valence-corrected chi connectivity index (χ2v) is 7.81. The number of fused-ring (bicyclic) bond motifs is 3. The number of carbonyl (C=O) groups excluding carboxylic acids is 1. The molecule has 0 unspecified atom stereocenters. The van der Waals surface area contributed by atoms with Crippen molar-refractivity contribution in [1.29, 1.82) is 0 Å². The van der Waals surface area contributed by atoms with Crippen LogP contribution in [-0.4, -0.2) is 18.2 Å². The first-order valence-electron chi connectivity index (χ1n) is 9.50. The molecule has 142 valence electrons. The maximum absolute atomic E-state index is 12.3. The lowest BCUT2D eigenvalue weighted by Crippen LogP contribution is -2.16. The molecule has 0 fully saturated rings. The number of anilines is 1. The standard InChI is InChI=1S/C24H18N2O2S/c1-2-26-21(29-20-14-12-16-8-6-7-11-18(16)23(20)26)15-13-19-22(25-28-24(19)27)17-9-4-3-5-10-17/h3-15H,2H2,1H3. The van der Waals surface area contributed by atoms with E-state index in [2.05, 4.69) is 53.4 Å². The van der Waals surface area contributed by atoms with Crippen molar-refractivity contribution in [2.75, 3.05) is 11.4 Å². The van der Waals surface area contributed by atoms with E-state index in [0.29, 0.717) is 11.3 Å². The van der Waals surface area contributed by atoms with Crippen LogP contribution in [0.2, 0.25) is 0 Å². The number of oxime groups is 1. The first-order valence-corrected chi connectivity index (χ1v) is 10.3. The van der Waals surface area contributed by atoms with Gasteiger partial charge in [-0.1, -0.05) is 77.6 Å². The zero-order chi connectivity index (χ0) is 19.8. The predicted molar refractivity (Wildman–Crippen MR) is 118 cm³/mol. The van der Waals surface area contributed by atoms with E-state index in [-0.39, 0.29) is 0 Å². The van der Waals surface area contributed by atoms with E-state index in [4.69, 9.17) is 4.84 Å². The number of allylic oxidation sites excluding steroid dienone is 2. The van der Waals surface area contributed by atoms with Gasteiger partial charge < -0.3 is 9.74 Å². The Bertz CT molecular complexity index is 1210. The fraction of sp³-hybridized carbons (Fsp3) is 0.0833. The molecular weight excluding hydrogens is 380 g/mol. The van der Waals surface area contributed by atoms with Gasteiger partial charge in [-0.3, -0.25) is 0 Å². The molecule has 29 heavy (non-hydrogen) atoms. The maximum Gasteiger partial charge on any atom is 0.368 e. The third-order valence-electron chi connectivity index (χ3n) is 5.06. The first-order chi connectivity index (χ1) is 14.3. The van der Waals surface area contributed by atoms with E-state index >= 15 is 0 Å². The van der Waals surface area contributed by atoms with Gasteiger partial charge in [-0.05, 0) is 30.5 Å². The Labute approximate surface area is 173 Å². The molecule has 0 N–H and O–H groups in total. The van der Waals surface area contributed by atoms with Crippen molar-refractivity contribution >= 4 is 39.9 Å². The Morgan fingerprint density at radius 2 is 1.79 bits per heavy atom.